The van der Waals surface area contributed by atoms with Crippen LogP contribution >= 0.6 is 22.9 Å². The van der Waals surface area contributed by atoms with Crippen LogP contribution in [-0.4, -0.2) is 63.1 Å². The minimum Gasteiger partial charge on any atom is -0.461 e. The molecule has 2 N–H and O–H groups in total. The van der Waals surface area contributed by atoms with Crippen LogP contribution in [0.2, 0.25) is 5.02 Å². The monoisotopic (exact) mass is 803 g/mol. The van der Waals surface area contributed by atoms with Gasteiger partial charge in [0.1, 0.15) is 52.5 Å². The number of amides is 1. The van der Waals surface area contributed by atoms with Crippen LogP contribution in [0.3, 0.4) is 0 Å². The number of nitrogens with one attached hydrogen (secondary N) is 2. The first-order valence-electron chi connectivity index (χ1n) is 18.9. The fourth-order valence-corrected chi connectivity index (χ4v) is 10.3. The summed E-state index contributed by atoms with van der Waals surface area (Å²) in [6.07, 6.45) is 4.31. The fourth-order valence-electron chi connectivity index (χ4n) is 8.86. The van der Waals surface area contributed by atoms with Crippen LogP contribution in [0.15, 0.2) is 16.7 Å². The maximum Gasteiger partial charge on any atom is 0.412 e. The molecular formula is C40H40ClF2N7O5S. The molecule has 2 aromatic carbocycles. The first-order chi connectivity index (χ1) is 26.9. The zero-order valence-corrected chi connectivity index (χ0v) is 32.8. The molecule has 2 fully saturated rings. The van der Waals surface area contributed by atoms with E-state index in [1.54, 1.807) is 26.8 Å². The predicted octanol–water partition coefficient (Wildman–Crippen LogP) is 8.99. The van der Waals surface area contributed by atoms with E-state index in [1.807, 2.05) is 0 Å². The van der Waals surface area contributed by atoms with Crippen LogP contribution in [0, 0.1) is 17.1 Å². The average molecular weight is 804 g/mol. The maximum absolute atomic E-state index is 15.6. The number of carbonyl (C=O) groups is 1. The largest absolute Gasteiger partial charge is 0.461 e. The van der Waals surface area contributed by atoms with E-state index in [2.05, 4.69) is 26.8 Å². The van der Waals surface area contributed by atoms with Gasteiger partial charge in [-0.3, -0.25) is 10.2 Å². The number of benzene rings is 2. The minimum atomic E-state index is -0.926. The van der Waals surface area contributed by atoms with Gasteiger partial charge >= 0.3 is 12.1 Å². The summed E-state index contributed by atoms with van der Waals surface area (Å²) in [5.74, 6) is 0.814. The zero-order chi connectivity index (χ0) is 38.9. The molecule has 2 atom stereocenters. The number of hydrogen-bond donors (Lipinski definition) is 2. The summed E-state index contributed by atoms with van der Waals surface area (Å²) in [4.78, 5) is 24.8. The molecule has 0 radical (unpaired) electrons. The first-order valence-corrected chi connectivity index (χ1v) is 20.1. The lowest BCUT2D eigenvalue weighted by atomic mass is 9.91. The third-order valence-electron chi connectivity index (χ3n) is 11.2. The highest BCUT2D eigenvalue weighted by Crippen LogP contribution is 2.50. The van der Waals surface area contributed by atoms with Crippen molar-refractivity contribution in [2.75, 3.05) is 30.3 Å². The van der Waals surface area contributed by atoms with Gasteiger partial charge in [-0.25, -0.2) is 13.6 Å². The Morgan fingerprint density at radius 2 is 1.98 bits per heavy atom. The Labute approximate surface area is 330 Å². The molecule has 6 heterocycles. The van der Waals surface area contributed by atoms with Crippen molar-refractivity contribution in [2.24, 2.45) is 0 Å². The lowest BCUT2D eigenvalue weighted by Gasteiger charge is -2.30. The number of aromatic nitrogens is 3. The summed E-state index contributed by atoms with van der Waals surface area (Å²) in [5, 5.41) is 22.3. The molecule has 0 saturated carbocycles. The fraction of sp³-hybridized carbons (Fsp3) is 0.475. The molecule has 56 heavy (non-hydrogen) atoms. The molecule has 9 rings (SSSR count). The third-order valence-corrected chi connectivity index (χ3v) is 12.7. The van der Waals surface area contributed by atoms with Crippen LogP contribution in [0.1, 0.15) is 86.6 Å². The molecule has 12 nitrogen and oxygen atoms in total. The summed E-state index contributed by atoms with van der Waals surface area (Å²) < 4.78 is 54.1. The second kappa shape index (κ2) is 14.1. The van der Waals surface area contributed by atoms with E-state index >= 15 is 4.39 Å². The van der Waals surface area contributed by atoms with E-state index in [9.17, 15) is 14.4 Å². The van der Waals surface area contributed by atoms with E-state index in [1.165, 1.54) is 6.07 Å². The van der Waals surface area contributed by atoms with E-state index < -0.39 is 29.2 Å². The quantitative estimate of drug-likeness (QED) is 0.155. The van der Waals surface area contributed by atoms with Gasteiger partial charge in [0.2, 0.25) is 0 Å². The van der Waals surface area contributed by atoms with Gasteiger partial charge in [-0.2, -0.15) is 15.2 Å². The number of nitrogens with zero attached hydrogens (tertiary/aromatic N) is 5. The summed E-state index contributed by atoms with van der Waals surface area (Å²) in [5.41, 5.74) is 3.64. The molecule has 2 saturated heterocycles. The van der Waals surface area contributed by atoms with Gasteiger partial charge in [-0.15, -0.1) is 11.3 Å². The highest BCUT2D eigenvalue weighted by atomic mass is 35.5. The Bertz CT molecular complexity index is 2460. The van der Waals surface area contributed by atoms with Crippen LogP contribution < -0.4 is 15.4 Å². The van der Waals surface area contributed by atoms with Crippen LogP contribution in [-0.2, 0) is 42.1 Å². The van der Waals surface area contributed by atoms with Gasteiger partial charge in [0.25, 0.3) is 0 Å². The number of nitriles is 1. The van der Waals surface area contributed by atoms with Gasteiger partial charge in [0.05, 0.1) is 51.5 Å². The number of alkyl halides is 1. The number of hydrogen-bond acceptors (Lipinski definition) is 12. The second-order valence-corrected chi connectivity index (χ2v) is 17.4. The zero-order valence-electron chi connectivity index (χ0n) is 31.2. The third kappa shape index (κ3) is 6.40. The molecular weight excluding hydrogens is 764 g/mol. The van der Waals surface area contributed by atoms with Crippen LogP contribution in [0.5, 0.6) is 6.01 Å². The summed E-state index contributed by atoms with van der Waals surface area (Å²) in [6.45, 7) is 7.31. The highest BCUT2D eigenvalue weighted by molar-refractivity contribution is 7.23. The SMILES string of the molecule is CC(C)(C)OC(=O)Nc1sc2c(F)ccc(-c3c4c(c5c(NCc6noc7c6CCCC7)nc(OC[C@@]67CCCN6C[C@H](F)C7)nc5c3Cl)COC4)c2c1C#N. The van der Waals surface area contributed by atoms with Crippen molar-refractivity contribution in [2.45, 2.75) is 103 Å². The lowest BCUT2D eigenvalue weighted by molar-refractivity contribution is 0.0636. The van der Waals surface area contributed by atoms with E-state index in [-0.39, 0.29) is 46.1 Å². The number of carbonyl (C=O) groups excluding carboxylic acids is 1. The van der Waals surface area contributed by atoms with Gasteiger partial charge in [-0.05, 0) is 82.2 Å². The van der Waals surface area contributed by atoms with Gasteiger partial charge in [0.15, 0.2) is 0 Å². The van der Waals surface area contributed by atoms with E-state index in [4.69, 9.17) is 40.3 Å². The summed E-state index contributed by atoms with van der Waals surface area (Å²) in [6, 6.07) is 5.16. The van der Waals surface area contributed by atoms with Crippen molar-refractivity contribution < 1.29 is 32.3 Å². The minimum absolute atomic E-state index is 0.0683. The highest BCUT2D eigenvalue weighted by Gasteiger charge is 2.49. The van der Waals surface area contributed by atoms with Crippen molar-refractivity contribution in [3.05, 3.63) is 56.7 Å². The number of anilines is 2. The maximum atomic E-state index is 15.6. The van der Waals surface area contributed by atoms with E-state index in [0.29, 0.717) is 52.7 Å². The molecule has 3 aromatic heterocycles. The smallest absolute Gasteiger partial charge is 0.412 e. The number of aryl methyl sites for hydroxylation is 1. The van der Waals surface area contributed by atoms with Crippen LogP contribution in [0.4, 0.5) is 24.4 Å². The normalized spacial score (nSPS) is 20.6. The Morgan fingerprint density at radius 1 is 1.16 bits per heavy atom. The van der Waals surface area contributed by atoms with Crippen molar-refractivity contribution in [3.8, 4) is 23.2 Å². The molecule has 16 heteroatoms. The predicted molar refractivity (Wildman–Crippen MR) is 207 cm³/mol. The first kappa shape index (κ1) is 37.0. The molecule has 0 spiro atoms. The molecule has 4 aliphatic rings. The molecule has 5 aromatic rings. The molecule has 3 aliphatic heterocycles. The number of thiophene rings is 1. The van der Waals surface area contributed by atoms with Crippen LogP contribution in [0.25, 0.3) is 32.1 Å². The van der Waals surface area contributed by atoms with E-state index in [0.717, 1.165) is 84.6 Å². The Hall–Kier alpha value is -4.62. The van der Waals surface area contributed by atoms with Crippen molar-refractivity contribution in [1.82, 2.24) is 20.0 Å². The van der Waals surface area contributed by atoms with Gasteiger partial charge < -0.3 is 24.1 Å². The molecule has 0 unspecified atom stereocenters. The standard InChI is InChI=1S/C40H40ClF2N7O5S/c1-39(2,3)54-38(51)48-36-23(14-44)30-22(9-10-26(43)34(30)56-36)29-24-17-52-18-25(24)31-33(32(29)41)46-37(53-19-40-11-6-12-50(40)16-20(42)13-40)47-35(31)45-15-27-21-7-4-5-8-28(21)55-49-27/h9-10,20H,4-8,11-13,15-19H2,1-3H3,(H,48,51)(H,45,46,47)/t20-,40+/m1/s1. The number of ether oxygens (including phenoxy) is 3. The molecule has 1 amide bonds. The Balaban J connectivity index is 1.19. The molecule has 292 valence electrons. The topological polar surface area (TPSA) is 148 Å². The van der Waals surface area contributed by atoms with Crippen molar-refractivity contribution >= 4 is 60.8 Å². The second-order valence-electron chi connectivity index (χ2n) is 16.0. The van der Waals surface area contributed by atoms with Gasteiger partial charge in [-0.1, -0.05) is 22.8 Å². The van der Waals surface area contributed by atoms with Crippen molar-refractivity contribution in [3.63, 3.8) is 0 Å². The number of rotatable bonds is 8. The Morgan fingerprint density at radius 3 is 2.80 bits per heavy atom. The van der Waals surface area contributed by atoms with Crippen molar-refractivity contribution in [1.29, 1.82) is 5.26 Å². The Kier molecular flexibility index (Phi) is 9.30. The summed E-state index contributed by atoms with van der Waals surface area (Å²) in [7, 11) is 0. The average Bonchev–Trinajstić information content (AvgIpc) is 3.98. The molecule has 1 aliphatic carbocycles. The number of halogens is 3. The summed E-state index contributed by atoms with van der Waals surface area (Å²) >= 11 is 8.40. The lowest BCUT2D eigenvalue weighted by Crippen LogP contribution is -2.43. The number of fused-ring (bicyclic) bond motifs is 6. The molecule has 0 bridgehead atoms. The van der Waals surface area contributed by atoms with Gasteiger partial charge in [0, 0.05) is 35.9 Å².